The van der Waals surface area contributed by atoms with Gasteiger partial charge in [0.25, 0.3) is 5.91 Å². The van der Waals surface area contributed by atoms with Gasteiger partial charge in [-0.3, -0.25) is 4.79 Å². The first-order chi connectivity index (χ1) is 12.1. The number of hydrogen-bond acceptors (Lipinski definition) is 4. The summed E-state index contributed by atoms with van der Waals surface area (Å²) in [6, 6.07) is 10.8. The van der Waals surface area contributed by atoms with Gasteiger partial charge < -0.3 is 19.5 Å². The zero-order valence-corrected chi connectivity index (χ0v) is 16.8. The van der Waals surface area contributed by atoms with E-state index in [4.69, 9.17) is 14.2 Å². The van der Waals surface area contributed by atoms with Gasteiger partial charge in [0.2, 0.25) is 0 Å². The standard InChI is InChI=1S/C19H22INO4/c1-4-23-15-9-7-14(8-10-15)21-19(22)13-11-16(20)18(25-6-3)17(12-13)24-5-2/h7-12H,4-6H2,1-3H3,(H,21,22). The number of carbonyl (C=O) groups is 1. The molecule has 2 aromatic carbocycles. The number of ether oxygens (including phenoxy) is 3. The van der Waals surface area contributed by atoms with E-state index in [1.54, 1.807) is 12.1 Å². The molecule has 25 heavy (non-hydrogen) atoms. The molecule has 0 aliphatic rings. The number of rotatable bonds is 8. The van der Waals surface area contributed by atoms with Crippen molar-refractivity contribution in [2.75, 3.05) is 25.1 Å². The first-order valence-electron chi connectivity index (χ1n) is 8.22. The summed E-state index contributed by atoms with van der Waals surface area (Å²) >= 11 is 2.15. The summed E-state index contributed by atoms with van der Waals surface area (Å²) in [4.78, 5) is 12.6. The third-order valence-electron chi connectivity index (χ3n) is 3.28. The van der Waals surface area contributed by atoms with Crippen LogP contribution in [0.1, 0.15) is 31.1 Å². The van der Waals surface area contributed by atoms with Crippen LogP contribution in [0.2, 0.25) is 0 Å². The largest absolute Gasteiger partial charge is 0.494 e. The van der Waals surface area contributed by atoms with Crippen LogP contribution in [-0.2, 0) is 0 Å². The molecule has 6 heteroatoms. The average Bonchev–Trinajstić information content (AvgIpc) is 2.60. The summed E-state index contributed by atoms with van der Waals surface area (Å²) in [5, 5.41) is 2.88. The van der Waals surface area contributed by atoms with Gasteiger partial charge in [-0.15, -0.1) is 0 Å². The Hall–Kier alpha value is -1.96. The maximum atomic E-state index is 12.6. The zero-order chi connectivity index (χ0) is 18.2. The quantitative estimate of drug-likeness (QED) is 0.585. The van der Waals surface area contributed by atoms with E-state index in [0.29, 0.717) is 42.6 Å². The molecule has 134 valence electrons. The Morgan fingerprint density at radius 3 is 2.20 bits per heavy atom. The van der Waals surface area contributed by atoms with E-state index in [0.717, 1.165) is 9.32 Å². The van der Waals surface area contributed by atoms with E-state index in [2.05, 4.69) is 27.9 Å². The number of anilines is 1. The van der Waals surface area contributed by atoms with Crippen molar-refractivity contribution in [3.8, 4) is 17.2 Å². The first kappa shape index (κ1) is 19.4. The smallest absolute Gasteiger partial charge is 0.255 e. The number of halogens is 1. The summed E-state index contributed by atoms with van der Waals surface area (Å²) in [6.45, 7) is 7.39. The minimum atomic E-state index is -0.203. The molecule has 0 aromatic heterocycles. The second-order valence-electron chi connectivity index (χ2n) is 5.06. The van der Waals surface area contributed by atoms with Gasteiger partial charge in [-0.05, 0) is 79.8 Å². The Bertz CT molecular complexity index is 716. The first-order valence-corrected chi connectivity index (χ1v) is 9.30. The maximum Gasteiger partial charge on any atom is 0.255 e. The molecule has 1 N–H and O–H groups in total. The molecule has 2 aromatic rings. The zero-order valence-electron chi connectivity index (χ0n) is 14.6. The van der Waals surface area contributed by atoms with Crippen LogP contribution >= 0.6 is 22.6 Å². The van der Waals surface area contributed by atoms with Gasteiger partial charge in [0.05, 0.1) is 23.4 Å². The molecule has 5 nitrogen and oxygen atoms in total. The summed E-state index contributed by atoms with van der Waals surface area (Å²) in [6.07, 6.45) is 0. The van der Waals surface area contributed by atoms with Crippen molar-refractivity contribution < 1.29 is 19.0 Å². The van der Waals surface area contributed by atoms with Crippen molar-refractivity contribution in [1.82, 2.24) is 0 Å². The lowest BCUT2D eigenvalue weighted by molar-refractivity contribution is 0.102. The van der Waals surface area contributed by atoms with E-state index in [-0.39, 0.29) is 5.91 Å². The Labute approximate surface area is 161 Å². The normalized spacial score (nSPS) is 10.2. The Morgan fingerprint density at radius 2 is 1.60 bits per heavy atom. The topological polar surface area (TPSA) is 56.8 Å². The lowest BCUT2D eigenvalue weighted by Crippen LogP contribution is -2.13. The molecule has 0 bridgehead atoms. The molecule has 0 heterocycles. The van der Waals surface area contributed by atoms with Crippen molar-refractivity contribution in [2.45, 2.75) is 20.8 Å². The van der Waals surface area contributed by atoms with Gasteiger partial charge >= 0.3 is 0 Å². The van der Waals surface area contributed by atoms with Gasteiger partial charge in [0.15, 0.2) is 11.5 Å². The van der Waals surface area contributed by atoms with Crippen LogP contribution in [0.4, 0.5) is 5.69 Å². The fourth-order valence-electron chi connectivity index (χ4n) is 2.25. The minimum Gasteiger partial charge on any atom is -0.494 e. The lowest BCUT2D eigenvalue weighted by atomic mass is 10.1. The molecular weight excluding hydrogens is 433 g/mol. The molecule has 0 aliphatic carbocycles. The molecule has 0 fully saturated rings. The highest BCUT2D eigenvalue weighted by molar-refractivity contribution is 14.1. The highest BCUT2D eigenvalue weighted by atomic mass is 127. The van der Waals surface area contributed by atoms with Crippen LogP contribution < -0.4 is 19.5 Å². The molecule has 0 atom stereocenters. The highest BCUT2D eigenvalue weighted by Crippen LogP contribution is 2.34. The average molecular weight is 455 g/mol. The van der Waals surface area contributed by atoms with Crippen LogP contribution in [0.5, 0.6) is 17.2 Å². The molecular formula is C19H22INO4. The minimum absolute atomic E-state index is 0.203. The van der Waals surface area contributed by atoms with Crippen LogP contribution in [0.25, 0.3) is 0 Å². The maximum absolute atomic E-state index is 12.6. The van der Waals surface area contributed by atoms with Crippen molar-refractivity contribution in [2.24, 2.45) is 0 Å². The van der Waals surface area contributed by atoms with Gasteiger partial charge in [-0.1, -0.05) is 0 Å². The van der Waals surface area contributed by atoms with Gasteiger partial charge in [-0.25, -0.2) is 0 Å². The monoisotopic (exact) mass is 455 g/mol. The summed E-state index contributed by atoms with van der Waals surface area (Å²) in [5.74, 6) is 1.82. The van der Waals surface area contributed by atoms with Crippen molar-refractivity contribution >= 4 is 34.2 Å². The predicted molar refractivity (Wildman–Crippen MR) is 107 cm³/mol. The highest BCUT2D eigenvalue weighted by Gasteiger charge is 2.16. The number of hydrogen-bond donors (Lipinski definition) is 1. The van der Waals surface area contributed by atoms with Gasteiger partial charge in [0.1, 0.15) is 5.75 Å². The molecule has 2 rings (SSSR count). The second-order valence-corrected chi connectivity index (χ2v) is 6.23. The van der Waals surface area contributed by atoms with Crippen LogP contribution in [0.3, 0.4) is 0 Å². The number of amides is 1. The van der Waals surface area contributed by atoms with E-state index >= 15 is 0 Å². The van der Waals surface area contributed by atoms with E-state index < -0.39 is 0 Å². The van der Waals surface area contributed by atoms with E-state index in [1.807, 2.05) is 45.0 Å². The van der Waals surface area contributed by atoms with Crippen LogP contribution in [-0.4, -0.2) is 25.7 Å². The molecule has 0 saturated carbocycles. The van der Waals surface area contributed by atoms with E-state index in [9.17, 15) is 4.79 Å². The number of benzene rings is 2. The van der Waals surface area contributed by atoms with Gasteiger partial charge in [-0.2, -0.15) is 0 Å². The lowest BCUT2D eigenvalue weighted by Gasteiger charge is -2.14. The van der Waals surface area contributed by atoms with Crippen molar-refractivity contribution in [3.05, 3.63) is 45.5 Å². The molecule has 0 unspecified atom stereocenters. The fourth-order valence-corrected chi connectivity index (χ4v) is 3.01. The fraction of sp³-hybridized carbons (Fsp3) is 0.316. The predicted octanol–water partition coefficient (Wildman–Crippen LogP) is 4.74. The molecule has 1 amide bonds. The Balaban J connectivity index is 2.20. The van der Waals surface area contributed by atoms with Crippen molar-refractivity contribution in [3.63, 3.8) is 0 Å². The Kier molecular flexibility index (Phi) is 7.36. The SMILES string of the molecule is CCOc1ccc(NC(=O)c2cc(I)c(OCC)c(OCC)c2)cc1. The second kappa shape index (κ2) is 9.50. The molecule has 0 spiro atoms. The van der Waals surface area contributed by atoms with Gasteiger partial charge in [0, 0.05) is 11.3 Å². The third-order valence-corrected chi connectivity index (χ3v) is 4.08. The third kappa shape index (κ3) is 5.26. The van der Waals surface area contributed by atoms with Crippen LogP contribution in [0, 0.1) is 3.57 Å². The van der Waals surface area contributed by atoms with E-state index in [1.165, 1.54) is 0 Å². The van der Waals surface area contributed by atoms with Crippen molar-refractivity contribution in [1.29, 1.82) is 0 Å². The number of carbonyl (C=O) groups excluding carboxylic acids is 1. The molecule has 0 saturated heterocycles. The summed E-state index contributed by atoms with van der Waals surface area (Å²) in [7, 11) is 0. The molecule has 0 aliphatic heterocycles. The summed E-state index contributed by atoms with van der Waals surface area (Å²) < 4.78 is 17.5. The van der Waals surface area contributed by atoms with Crippen LogP contribution in [0.15, 0.2) is 36.4 Å². The number of nitrogens with one attached hydrogen (secondary N) is 1. The Morgan fingerprint density at radius 1 is 0.960 bits per heavy atom. The molecule has 0 radical (unpaired) electrons. The summed E-state index contributed by atoms with van der Waals surface area (Å²) in [5.41, 5.74) is 1.22.